The monoisotopic (exact) mass is 291 g/mol. The summed E-state index contributed by atoms with van der Waals surface area (Å²) in [6.45, 7) is 4.99. The van der Waals surface area contributed by atoms with E-state index in [4.69, 9.17) is 0 Å². The van der Waals surface area contributed by atoms with Crippen LogP contribution in [0.2, 0.25) is 0 Å². The Bertz CT molecular complexity index is 482. The van der Waals surface area contributed by atoms with Crippen LogP contribution in [0.25, 0.3) is 0 Å². The Hall–Kier alpha value is -1.78. The third-order valence-corrected chi connectivity index (χ3v) is 4.30. The third-order valence-electron chi connectivity index (χ3n) is 4.30. The van der Waals surface area contributed by atoms with Crippen molar-refractivity contribution in [3.05, 3.63) is 28.3 Å². The minimum atomic E-state index is -0.333. The van der Waals surface area contributed by atoms with Crippen molar-refractivity contribution in [3.63, 3.8) is 0 Å². The highest BCUT2D eigenvalue weighted by atomic mass is 16.6. The fourth-order valence-electron chi connectivity index (χ4n) is 3.06. The SMILES string of the molecule is CCNc1cc(NC2CCC(CC)CC2)cc([N+](=O)[O-])c1. The van der Waals surface area contributed by atoms with Crippen LogP contribution in [0.15, 0.2) is 18.2 Å². The molecule has 1 aliphatic carbocycles. The number of non-ortho nitro benzene ring substituents is 1. The van der Waals surface area contributed by atoms with Gasteiger partial charge in [0.15, 0.2) is 0 Å². The Kier molecular flexibility index (Phi) is 5.42. The van der Waals surface area contributed by atoms with E-state index in [1.54, 1.807) is 12.1 Å². The number of hydrogen-bond donors (Lipinski definition) is 2. The van der Waals surface area contributed by atoms with E-state index in [9.17, 15) is 10.1 Å². The average Bonchev–Trinajstić information content (AvgIpc) is 2.48. The van der Waals surface area contributed by atoms with E-state index in [-0.39, 0.29) is 10.6 Å². The largest absolute Gasteiger partial charge is 0.385 e. The van der Waals surface area contributed by atoms with Crippen LogP contribution < -0.4 is 10.6 Å². The van der Waals surface area contributed by atoms with Gasteiger partial charge in [-0.3, -0.25) is 10.1 Å². The van der Waals surface area contributed by atoms with E-state index in [0.717, 1.165) is 36.7 Å². The average molecular weight is 291 g/mol. The molecule has 0 aliphatic heterocycles. The van der Waals surface area contributed by atoms with E-state index >= 15 is 0 Å². The molecule has 0 unspecified atom stereocenters. The molecule has 0 saturated heterocycles. The number of rotatable bonds is 6. The lowest BCUT2D eigenvalue weighted by Crippen LogP contribution is -2.25. The molecular formula is C16H25N3O2. The molecule has 0 aromatic heterocycles. The maximum absolute atomic E-state index is 11.0. The first-order valence-corrected chi connectivity index (χ1v) is 7.92. The topological polar surface area (TPSA) is 67.2 Å². The number of nitro benzene ring substituents is 1. The second kappa shape index (κ2) is 7.29. The van der Waals surface area contributed by atoms with Gasteiger partial charge in [-0.15, -0.1) is 0 Å². The Morgan fingerprint density at radius 2 is 1.81 bits per heavy atom. The van der Waals surface area contributed by atoms with Gasteiger partial charge in [0.25, 0.3) is 5.69 Å². The molecule has 1 saturated carbocycles. The third kappa shape index (κ3) is 4.34. The Morgan fingerprint density at radius 1 is 1.14 bits per heavy atom. The summed E-state index contributed by atoms with van der Waals surface area (Å²) in [6, 6.07) is 5.61. The summed E-state index contributed by atoms with van der Waals surface area (Å²) in [5.74, 6) is 0.852. The molecule has 0 amide bonds. The van der Waals surface area contributed by atoms with Gasteiger partial charge >= 0.3 is 0 Å². The van der Waals surface area contributed by atoms with Gasteiger partial charge in [-0.25, -0.2) is 0 Å². The van der Waals surface area contributed by atoms with Crippen LogP contribution >= 0.6 is 0 Å². The predicted octanol–water partition coefficient (Wildman–Crippen LogP) is 4.41. The molecule has 0 heterocycles. The zero-order valence-electron chi connectivity index (χ0n) is 12.9. The molecule has 116 valence electrons. The summed E-state index contributed by atoms with van der Waals surface area (Å²) in [4.78, 5) is 10.7. The minimum Gasteiger partial charge on any atom is -0.385 e. The number of nitro groups is 1. The standard InChI is InChI=1S/C16H25N3O2/c1-3-12-5-7-13(8-6-12)18-15-9-14(17-4-2)10-16(11-15)19(20)21/h9-13,17-18H,3-8H2,1-2H3. The summed E-state index contributed by atoms with van der Waals surface area (Å²) in [5.41, 5.74) is 1.79. The predicted molar refractivity (Wildman–Crippen MR) is 86.9 cm³/mol. The van der Waals surface area contributed by atoms with Crippen molar-refractivity contribution >= 4 is 17.1 Å². The van der Waals surface area contributed by atoms with E-state index in [1.165, 1.54) is 19.3 Å². The highest BCUT2D eigenvalue weighted by Crippen LogP contribution is 2.30. The van der Waals surface area contributed by atoms with Crippen molar-refractivity contribution in [1.82, 2.24) is 0 Å². The van der Waals surface area contributed by atoms with Crippen LogP contribution in [-0.4, -0.2) is 17.5 Å². The number of nitrogens with one attached hydrogen (secondary N) is 2. The van der Waals surface area contributed by atoms with Crippen molar-refractivity contribution in [2.75, 3.05) is 17.2 Å². The van der Waals surface area contributed by atoms with Gasteiger partial charge in [-0.2, -0.15) is 0 Å². The van der Waals surface area contributed by atoms with Gasteiger partial charge < -0.3 is 10.6 Å². The number of anilines is 2. The number of nitrogens with zero attached hydrogens (tertiary/aromatic N) is 1. The smallest absolute Gasteiger partial charge is 0.273 e. The summed E-state index contributed by atoms with van der Waals surface area (Å²) < 4.78 is 0. The molecule has 5 heteroatoms. The molecule has 2 rings (SSSR count). The second-order valence-electron chi connectivity index (χ2n) is 5.83. The Balaban J connectivity index is 2.06. The highest BCUT2D eigenvalue weighted by Gasteiger charge is 2.20. The molecule has 1 aliphatic rings. The van der Waals surface area contributed by atoms with Gasteiger partial charge in [-0.1, -0.05) is 13.3 Å². The normalized spacial score (nSPS) is 21.8. The molecule has 0 atom stereocenters. The zero-order valence-corrected chi connectivity index (χ0v) is 12.9. The first-order valence-electron chi connectivity index (χ1n) is 7.92. The fourth-order valence-corrected chi connectivity index (χ4v) is 3.06. The Morgan fingerprint density at radius 3 is 2.38 bits per heavy atom. The van der Waals surface area contributed by atoms with Crippen LogP contribution in [0.5, 0.6) is 0 Å². The van der Waals surface area contributed by atoms with Crippen LogP contribution in [0, 0.1) is 16.0 Å². The summed E-state index contributed by atoms with van der Waals surface area (Å²) >= 11 is 0. The van der Waals surface area contributed by atoms with E-state index in [0.29, 0.717) is 6.04 Å². The summed E-state index contributed by atoms with van der Waals surface area (Å²) in [7, 11) is 0. The molecule has 21 heavy (non-hydrogen) atoms. The van der Waals surface area contributed by atoms with Gasteiger partial charge in [0.05, 0.1) is 4.92 Å². The lowest BCUT2D eigenvalue weighted by atomic mass is 9.84. The van der Waals surface area contributed by atoms with Crippen LogP contribution in [0.3, 0.4) is 0 Å². The van der Waals surface area contributed by atoms with E-state index in [1.807, 2.05) is 13.0 Å². The lowest BCUT2D eigenvalue weighted by Gasteiger charge is -2.29. The number of benzene rings is 1. The molecule has 1 fully saturated rings. The van der Waals surface area contributed by atoms with Crippen molar-refractivity contribution in [3.8, 4) is 0 Å². The molecule has 0 bridgehead atoms. The Labute approximate surface area is 126 Å². The van der Waals surface area contributed by atoms with Crippen molar-refractivity contribution in [1.29, 1.82) is 0 Å². The first-order chi connectivity index (χ1) is 10.1. The fraction of sp³-hybridized carbons (Fsp3) is 0.625. The maximum atomic E-state index is 11.0. The molecular weight excluding hydrogens is 266 g/mol. The molecule has 1 aromatic rings. The molecule has 2 N–H and O–H groups in total. The summed E-state index contributed by atoms with van der Waals surface area (Å²) in [5, 5.41) is 17.7. The first kappa shape index (κ1) is 15.6. The van der Waals surface area contributed by atoms with Gasteiger partial charge in [-0.05, 0) is 44.6 Å². The van der Waals surface area contributed by atoms with Crippen molar-refractivity contribution < 1.29 is 4.92 Å². The molecule has 5 nitrogen and oxygen atoms in total. The minimum absolute atomic E-state index is 0.137. The van der Waals surface area contributed by atoms with Gasteiger partial charge in [0.1, 0.15) is 0 Å². The second-order valence-corrected chi connectivity index (χ2v) is 5.83. The quantitative estimate of drug-likeness (QED) is 0.602. The van der Waals surface area contributed by atoms with Gasteiger partial charge in [0.2, 0.25) is 0 Å². The van der Waals surface area contributed by atoms with Crippen molar-refractivity contribution in [2.24, 2.45) is 5.92 Å². The molecule has 0 spiro atoms. The molecule has 1 aromatic carbocycles. The maximum Gasteiger partial charge on any atom is 0.273 e. The highest BCUT2D eigenvalue weighted by molar-refractivity contribution is 5.63. The lowest BCUT2D eigenvalue weighted by molar-refractivity contribution is -0.384. The zero-order chi connectivity index (χ0) is 15.2. The molecule has 0 radical (unpaired) electrons. The van der Waals surface area contributed by atoms with Crippen molar-refractivity contribution in [2.45, 2.75) is 52.0 Å². The van der Waals surface area contributed by atoms with Gasteiger partial charge in [0, 0.05) is 36.1 Å². The number of hydrogen-bond acceptors (Lipinski definition) is 4. The van der Waals surface area contributed by atoms with Crippen LogP contribution in [-0.2, 0) is 0 Å². The summed E-state index contributed by atoms with van der Waals surface area (Å²) in [6.07, 6.45) is 6.07. The van der Waals surface area contributed by atoms with Crippen LogP contribution in [0.4, 0.5) is 17.1 Å². The van der Waals surface area contributed by atoms with Crippen LogP contribution in [0.1, 0.15) is 46.0 Å². The van der Waals surface area contributed by atoms with E-state index in [2.05, 4.69) is 17.6 Å². The van der Waals surface area contributed by atoms with E-state index < -0.39 is 0 Å².